The van der Waals surface area contributed by atoms with Crippen molar-refractivity contribution in [3.63, 3.8) is 0 Å². The zero-order valence-electron chi connectivity index (χ0n) is 13.9. The molecule has 1 saturated carbocycles. The molecule has 4 nitrogen and oxygen atoms in total. The standard InChI is InChI=1S/C20H24N2O2/c23-20(24-16-17-10-4-1-5-11-17)22(19-14-8-3-9-15-19)21-18-12-6-2-7-13-18/h1,3-5,8-11,14-15,18,21H,2,6-7,12-13,16H2. The lowest BCUT2D eigenvalue weighted by molar-refractivity contribution is 0.141. The minimum atomic E-state index is -0.365. The van der Waals surface area contributed by atoms with Crippen LogP contribution >= 0.6 is 0 Å². The van der Waals surface area contributed by atoms with Gasteiger partial charge in [-0.05, 0) is 30.5 Å². The van der Waals surface area contributed by atoms with Gasteiger partial charge in [0.15, 0.2) is 0 Å². The van der Waals surface area contributed by atoms with Crippen LogP contribution in [0.3, 0.4) is 0 Å². The maximum Gasteiger partial charge on any atom is 0.429 e. The molecule has 0 aromatic heterocycles. The fourth-order valence-corrected chi connectivity index (χ4v) is 3.01. The molecule has 4 heteroatoms. The molecule has 0 radical (unpaired) electrons. The van der Waals surface area contributed by atoms with E-state index in [0.29, 0.717) is 6.04 Å². The van der Waals surface area contributed by atoms with Crippen LogP contribution in [0.4, 0.5) is 10.5 Å². The topological polar surface area (TPSA) is 41.6 Å². The number of carbonyl (C=O) groups excluding carboxylic acids is 1. The molecule has 3 rings (SSSR count). The van der Waals surface area contributed by atoms with E-state index in [1.165, 1.54) is 19.3 Å². The first kappa shape index (κ1) is 16.5. The van der Waals surface area contributed by atoms with Crippen LogP contribution in [-0.2, 0) is 11.3 Å². The predicted molar refractivity (Wildman–Crippen MR) is 95.6 cm³/mol. The predicted octanol–water partition coefficient (Wildman–Crippen LogP) is 4.67. The van der Waals surface area contributed by atoms with E-state index in [4.69, 9.17) is 4.74 Å². The van der Waals surface area contributed by atoms with Crippen LogP contribution in [0.1, 0.15) is 37.7 Å². The Morgan fingerprint density at radius 1 is 0.958 bits per heavy atom. The lowest BCUT2D eigenvalue weighted by Gasteiger charge is -2.30. The number of para-hydroxylation sites is 1. The molecule has 2 aromatic rings. The number of nitrogens with one attached hydrogen (secondary N) is 1. The molecule has 0 unspecified atom stereocenters. The molecule has 0 aliphatic heterocycles. The van der Waals surface area contributed by atoms with Crippen molar-refractivity contribution in [3.05, 3.63) is 66.2 Å². The molecule has 1 aliphatic carbocycles. The fourth-order valence-electron chi connectivity index (χ4n) is 3.01. The van der Waals surface area contributed by atoms with Crippen LogP contribution in [0.25, 0.3) is 0 Å². The maximum atomic E-state index is 12.6. The van der Waals surface area contributed by atoms with Gasteiger partial charge in [-0.2, -0.15) is 0 Å². The Morgan fingerprint density at radius 2 is 1.58 bits per heavy atom. The average Bonchev–Trinajstić information content (AvgIpc) is 2.66. The van der Waals surface area contributed by atoms with Crippen LogP contribution in [0.5, 0.6) is 0 Å². The van der Waals surface area contributed by atoms with Crippen molar-refractivity contribution in [2.45, 2.75) is 44.8 Å². The molecule has 24 heavy (non-hydrogen) atoms. The monoisotopic (exact) mass is 324 g/mol. The Labute approximate surface area is 143 Å². The first-order chi connectivity index (χ1) is 11.8. The summed E-state index contributed by atoms with van der Waals surface area (Å²) in [5, 5.41) is 1.55. The summed E-state index contributed by atoms with van der Waals surface area (Å²) in [7, 11) is 0. The second-order valence-electron chi connectivity index (χ2n) is 6.18. The Balaban J connectivity index is 1.67. The van der Waals surface area contributed by atoms with E-state index in [-0.39, 0.29) is 12.7 Å². The number of hydrazine groups is 1. The lowest BCUT2D eigenvalue weighted by atomic mass is 9.96. The summed E-state index contributed by atoms with van der Waals surface area (Å²) in [5.74, 6) is 0. The van der Waals surface area contributed by atoms with E-state index in [9.17, 15) is 4.79 Å². The van der Waals surface area contributed by atoms with Gasteiger partial charge in [-0.1, -0.05) is 67.8 Å². The van der Waals surface area contributed by atoms with Gasteiger partial charge in [0.25, 0.3) is 0 Å². The van der Waals surface area contributed by atoms with Gasteiger partial charge in [-0.15, -0.1) is 0 Å². The van der Waals surface area contributed by atoms with Gasteiger partial charge in [-0.25, -0.2) is 15.2 Å². The Hall–Kier alpha value is -2.33. The summed E-state index contributed by atoms with van der Waals surface area (Å²) >= 11 is 0. The summed E-state index contributed by atoms with van der Waals surface area (Å²) < 4.78 is 5.51. The summed E-state index contributed by atoms with van der Waals surface area (Å²) in [4.78, 5) is 12.6. The normalized spacial score (nSPS) is 15.0. The molecular formula is C20H24N2O2. The molecule has 1 aliphatic rings. The molecule has 0 saturated heterocycles. The third-order valence-electron chi connectivity index (χ3n) is 4.32. The minimum absolute atomic E-state index is 0.273. The number of nitrogens with zero attached hydrogens (tertiary/aromatic N) is 1. The summed E-state index contributed by atoms with van der Waals surface area (Å²) in [5.41, 5.74) is 5.16. The first-order valence-corrected chi connectivity index (χ1v) is 8.65. The van der Waals surface area contributed by atoms with E-state index in [0.717, 1.165) is 24.1 Å². The summed E-state index contributed by atoms with van der Waals surface area (Å²) in [6, 6.07) is 19.7. The van der Waals surface area contributed by atoms with Crippen LogP contribution in [0, 0.1) is 0 Å². The highest BCUT2D eigenvalue weighted by Gasteiger charge is 2.22. The molecule has 1 fully saturated rings. The van der Waals surface area contributed by atoms with Crippen LogP contribution < -0.4 is 10.4 Å². The first-order valence-electron chi connectivity index (χ1n) is 8.65. The molecular weight excluding hydrogens is 300 g/mol. The quantitative estimate of drug-likeness (QED) is 0.813. The minimum Gasteiger partial charge on any atom is -0.443 e. The highest BCUT2D eigenvalue weighted by atomic mass is 16.6. The Morgan fingerprint density at radius 3 is 2.25 bits per heavy atom. The van der Waals surface area contributed by atoms with Crippen LogP contribution in [-0.4, -0.2) is 12.1 Å². The molecule has 0 heterocycles. The van der Waals surface area contributed by atoms with E-state index >= 15 is 0 Å². The molecule has 0 spiro atoms. The van der Waals surface area contributed by atoms with Gasteiger partial charge < -0.3 is 4.74 Å². The van der Waals surface area contributed by atoms with Crippen molar-refractivity contribution in [1.82, 2.24) is 5.43 Å². The molecule has 126 valence electrons. The fraction of sp³-hybridized carbons (Fsp3) is 0.350. The van der Waals surface area contributed by atoms with Gasteiger partial charge >= 0.3 is 6.09 Å². The number of benzene rings is 2. The van der Waals surface area contributed by atoms with Gasteiger partial charge in [-0.3, -0.25) is 0 Å². The number of carbonyl (C=O) groups is 1. The zero-order chi connectivity index (χ0) is 16.6. The van der Waals surface area contributed by atoms with E-state index in [1.54, 1.807) is 5.01 Å². The second kappa shape index (κ2) is 8.50. The third kappa shape index (κ3) is 4.59. The number of hydrogen-bond donors (Lipinski definition) is 1. The number of hydrogen-bond acceptors (Lipinski definition) is 3. The highest BCUT2D eigenvalue weighted by molar-refractivity contribution is 5.86. The van der Waals surface area contributed by atoms with Crippen molar-refractivity contribution in [1.29, 1.82) is 0 Å². The maximum absolute atomic E-state index is 12.6. The van der Waals surface area contributed by atoms with E-state index < -0.39 is 0 Å². The zero-order valence-corrected chi connectivity index (χ0v) is 13.9. The third-order valence-corrected chi connectivity index (χ3v) is 4.32. The molecule has 0 bridgehead atoms. The van der Waals surface area contributed by atoms with Gasteiger partial charge in [0, 0.05) is 6.04 Å². The molecule has 0 atom stereocenters. The number of ether oxygens (including phenoxy) is 1. The second-order valence-corrected chi connectivity index (χ2v) is 6.18. The average molecular weight is 324 g/mol. The van der Waals surface area contributed by atoms with Crippen molar-refractivity contribution in [2.75, 3.05) is 5.01 Å². The highest BCUT2D eigenvalue weighted by Crippen LogP contribution is 2.20. The van der Waals surface area contributed by atoms with Gasteiger partial charge in [0.05, 0.1) is 5.69 Å². The summed E-state index contributed by atoms with van der Waals surface area (Å²) in [6.45, 7) is 0.273. The lowest BCUT2D eigenvalue weighted by Crippen LogP contribution is -2.49. The van der Waals surface area contributed by atoms with Crippen molar-refractivity contribution in [3.8, 4) is 0 Å². The summed E-state index contributed by atoms with van der Waals surface area (Å²) in [6.07, 6.45) is 5.52. The van der Waals surface area contributed by atoms with Crippen LogP contribution in [0.2, 0.25) is 0 Å². The molecule has 2 aromatic carbocycles. The number of anilines is 1. The van der Waals surface area contributed by atoms with Gasteiger partial charge in [0.2, 0.25) is 0 Å². The van der Waals surface area contributed by atoms with E-state index in [1.807, 2.05) is 60.7 Å². The van der Waals surface area contributed by atoms with Crippen molar-refractivity contribution >= 4 is 11.8 Å². The molecule has 1 amide bonds. The number of rotatable bonds is 5. The van der Waals surface area contributed by atoms with Crippen LogP contribution in [0.15, 0.2) is 60.7 Å². The largest absolute Gasteiger partial charge is 0.443 e. The van der Waals surface area contributed by atoms with Crippen molar-refractivity contribution < 1.29 is 9.53 Å². The Kier molecular flexibility index (Phi) is 5.85. The molecule has 1 N–H and O–H groups in total. The van der Waals surface area contributed by atoms with Crippen molar-refractivity contribution in [2.24, 2.45) is 0 Å². The smallest absolute Gasteiger partial charge is 0.429 e. The number of amides is 1. The SMILES string of the molecule is O=C(OCc1ccccc1)N(NC1CCCCC1)c1ccccc1. The Bertz CT molecular complexity index is 625. The van der Waals surface area contributed by atoms with E-state index in [2.05, 4.69) is 5.43 Å². The van der Waals surface area contributed by atoms with Gasteiger partial charge in [0.1, 0.15) is 6.61 Å².